The van der Waals surface area contributed by atoms with E-state index in [4.69, 9.17) is 23.2 Å². The molecular weight excluding hydrogens is 337 g/mol. The van der Waals surface area contributed by atoms with Crippen LogP contribution < -0.4 is 0 Å². The second-order valence-electron chi connectivity index (χ2n) is 5.58. The van der Waals surface area contributed by atoms with E-state index in [9.17, 15) is 0 Å². The quantitative estimate of drug-likeness (QED) is 0.381. The Morgan fingerprint density at radius 2 is 1.79 bits per heavy atom. The molecule has 120 valence electrons. The highest BCUT2D eigenvalue weighted by Gasteiger charge is 2.02. The fourth-order valence-electron chi connectivity index (χ4n) is 2.41. The third kappa shape index (κ3) is 4.05. The average molecular weight is 353 g/mol. The standard InChI is InChI=1S/C21H16Cl2N/c1-15-5-9-17(10-6-15)19-3-2-4-21(23)20(19)14-24-13-16-7-11-18(22)12-8-16/h2-9,11-12,14H,13H2,1H3/q-1. The van der Waals surface area contributed by atoms with E-state index in [0.29, 0.717) is 11.6 Å². The molecule has 0 saturated heterocycles. The molecule has 0 aliphatic heterocycles. The summed E-state index contributed by atoms with van der Waals surface area (Å²) in [5, 5.41) is 1.41. The summed E-state index contributed by atoms with van der Waals surface area (Å²) < 4.78 is 0. The zero-order valence-electron chi connectivity index (χ0n) is 13.3. The average Bonchev–Trinajstić information content (AvgIpc) is 2.59. The van der Waals surface area contributed by atoms with Crippen LogP contribution in [0, 0.1) is 13.0 Å². The predicted octanol–water partition coefficient (Wildman–Crippen LogP) is 6.39. The Hall–Kier alpha value is -2.09. The van der Waals surface area contributed by atoms with E-state index in [-0.39, 0.29) is 0 Å². The van der Waals surface area contributed by atoms with Gasteiger partial charge in [0.15, 0.2) is 0 Å². The van der Waals surface area contributed by atoms with Crippen LogP contribution in [0.15, 0.2) is 65.7 Å². The molecule has 3 heteroatoms. The normalized spacial score (nSPS) is 11.1. The van der Waals surface area contributed by atoms with Gasteiger partial charge in [0.1, 0.15) is 0 Å². The van der Waals surface area contributed by atoms with Crippen LogP contribution in [0.5, 0.6) is 0 Å². The van der Waals surface area contributed by atoms with E-state index >= 15 is 0 Å². The molecule has 3 aromatic carbocycles. The van der Waals surface area contributed by atoms with Crippen LogP contribution >= 0.6 is 23.2 Å². The minimum absolute atomic E-state index is 0.583. The minimum Gasteiger partial charge on any atom is -0.289 e. The summed E-state index contributed by atoms with van der Waals surface area (Å²) in [6.07, 6.45) is 1.83. The number of aryl methyl sites for hydroxylation is 1. The van der Waals surface area contributed by atoms with Crippen molar-refractivity contribution in [3.8, 4) is 11.1 Å². The van der Waals surface area contributed by atoms with Gasteiger partial charge in [0.05, 0.1) is 6.54 Å². The van der Waals surface area contributed by atoms with Crippen molar-refractivity contribution in [3.05, 3.63) is 93.5 Å². The number of hydrogen-bond acceptors (Lipinski definition) is 1. The fraction of sp³-hybridized carbons (Fsp3) is 0.0952. The molecule has 0 amide bonds. The zero-order chi connectivity index (χ0) is 16.9. The maximum absolute atomic E-state index is 6.39. The highest BCUT2D eigenvalue weighted by molar-refractivity contribution is 6.33. The molecular formula is C21H16Cl2N-. The van der Waals surface area contributed by atoms with Crippen molar-refractivity contribution >= 4 is 29.4 Å². The Morgan fingerprint density at radius 3 is 2.50 bits per heavy atom. The first-order valence-corrected chi connectivity index (χ1v) is 8.40. The highest BCUT2D eigenvalue weighted by atomic mass is 35.5. The molecule has 0 bridgehead atoms. The van der Waals surface area contributed by atoms with Gasteiger partial charge in [0, 0.05) is 16.3 Å². The SMILES string of the molecule is Cc1c[c-]c(-c2cccc(Cl)c2C=NCc2ccc(Cl)cc2)cc1. The predicted molar refractivity (Wildman–Crippen MR) is 103 cm³/mol. The van der Waals surface area contributed by atoms with Gasteiger partial charge in [0.25, 0.3) is 0 Å². The molecule has 0 aliphatic rings. The Balaban J connectivity index is 1.88. The third-order valence-electron chi connectivity index (χ3n) is 3.72. The molecule has 3 rings (SSSR count). The van der Waals surface area contributed by atoms with Crippen LogP contribution in [-0.2, 0) is 6.54 Å². The summed E-state index contributed by atoms with van der Waals surface area (Å²) in [7, 11) is 0. The lowest BCUT2D eigenvalue weighted by Gasteiger charge is -2.15. The van der Waals surface area contributed by atoms with Crippen LogP contribution in [0.3, 0.4) is 0 Å². The summed E-state index contributed by atoms with van der Waals surface area (Å²) in [6, 6.07) is 22.9. The van der Waals surface area contributed by atoms with Gasteiger partial charge in [-0.05, 0) is 29.3 Å². The van der Waals surface area contributed by atoms with Gasteiger partial charge >= 0.3 is 0 Å². The first-order valence-electron chi connectivity index (χ1n) is 7.65. The molecule has 0 N–H and O–H groups in total. The molecule has 0 aromatic heterocycles. The van der Waals surface area contributed by atoms with Crippen LogP contribution in [0.1, 0.15) is 16.7 Å². The Labute approximate surface area is 152 Å². The molecule has 0 spiro atoms. The van der Waals surface area contributed by atoms with Gasteiger partial charge in [-0.1, -0.05) is 60.0 Å². The maximum atomic E-state index is 6.39. The molecule has 0 aliphatic carbocycles. The van der Waals surface area contributed by atoms with Gasteiger partial charge in [-0.25, -0.2) is 0 Å². The number of nitrogens with zero attached hydrogens (tertiary/aromatic N) is 1. The maximum Gasteiger partial charge on any atom is 0.0639 e. The summed E-state index contributed by atoms with van der Waals surface area (Å²) in [6.45, 7) is 2.63. The number of aliphatic imine (C=N–C) groups is 1. The van der Waals surface area contributed by atoms with Crippen molar-refractivity contribution in [2.24, 2.45) is 4.99 Å². The van der Waals surface area contributed by atoms with E-state index in [0.717, 1.165) is 27.3 Å². The molecule has 0 atom stereocenters. The van der Waals surface area contributed by atoms with Gasteiger partial charge < -0.3 is 0 Å². The van der Waals surface area contributed by atoms with Crippen molar-refractivity contribution in [2.45, 2.75) is 13.5 Å². The molecule has 0 fully saturated rings. The lowest BCUT2D eigenvalue weighted by atomic mass is 9.99. The summed E-state index contributed by atoms with van der Waals surface area (Å²) in [5.41, 5.74) is 5.23. The highest BCUT2D eigenvalue weighted by Crippen LogP contribution is 2.28. The van der Waals surface area contributed by atoms with E-state index in [1.165, 1.54) is 5.56 Å². The number of halogens is 2. The second kappa shape index (κ2) is 7.65. The first-order chi connectivity index (χ1) is 11.6. The van der Waals surface area contributed by atoms with Crippen molar-refractivity contribution < 1.29 is 0 Å². The van der Waals surface area contributed by atoms with Crippen LogP contribution in [0.25, 0.3) is 11.1 Å². The lowest BCUT2D eigenvalue weighted by Crippen LogP contribution is -1.91. The van der Waals surface area contributed by atoms with E-state index in [1.807, 2.05) is 61.7 Å². The summed E-state index contributed by atoms with van der Waals surface area (Å²) >= 11 is 12.3. The van der Waals surface area contributed by atoms with Crippen molar-refractivity contribution in [1.82, 2.24) is 0 Å². The zero-order valence-corrected chi connectivity index (χ0v) is 14.8. The van der Waals surface area contributed by atoms with Crippen LogP contribution in [0.4, 0.5) is 0 Å². The molecule has 3 aromatic rings. The van der Waals surface area contributed by atoms with Crippen molar-refractivity contribution in [1.29, 1.82) is 0 Å². The van der Waals surface area contributed by atoms with Crippen LogP contribution in [0.2, 0.25) is 10.0 Å². The van der Waals surface area contributed by atoms with E-state index in [2.05, 4.69) is 23.2 Å². The molecule has 0 radical (unpaired) electrons. The summed E-state index contributed by atoms with van der Waals surface area (Å²) in [5.74, 6) is 0. The van der Waals surface area contributed by atoms with Crippen LogP contribution in [-0.4, -0.2) is 6.21 Å². The van der Waals surface area contributed by atoms with Gasteiger partial charge in [0.2, 0.25) is 0 Å². The number of benzene rings is 3. The summed E-state index contributed by atoms with van der Waals surface area (Å²) in [4.78, 5) is 4.54. The minimum atomic E-state index is 0.583. The molecule has 0 heterocycles. The van der Waals surface area contributed by atoms with Crippen molar-refractivity contribution in [2.75, 3.05) is 0 Å². The molecule has 24 heavy (non-hydrogen) atoms. The van der Waals surface area contributed by atoms with E-state index < -0.39 is 0 Å². The third-order valence-corrected chi connectivity index (χ3v) is 4.30. The first kappa shape index (κ1) is 16.8. The van der Waals surface area contributed by atoms with Gasteiger partial charge in [-0.2, -0.15) is 0 Å². The van der Waals surface area contributed by atoms with E-state index in [1.54, 1.807) is 0 Å². The molecule has 0 unspecified atom stereocenters. The monoisotopic (exact) mass is 352 g/mol. The second-order valence-corrected chi connectivity index (χ2v) is 6.42. The molecule has 1 nitrogen and oxygen atoms in total. The number of hydrogen-bond donors (Lipinski definition) is 0. The van der Waals surface area contributed by atoms with Gasteiger partial charge in [-0.3, -0.25) is 4.99 Å². The Kier molecular flexibility index (Phi) is 5.34. The van der Waals surface area contributed by atoms with Gasteiger partial charge in [-0.15, -0.1) is 35.4 Å². The molecule has 0 saturated carbocycles. The fourth-order valence-corrected chi connectivity index (χ4v) is 2.75. The Morgan fingerprint density at radius 1 is 1.00 bits per heavy atom. The topological polar surface area (TPSA) is 12.4 Å². The number of rotatable bonds is 4. The Bertz CT molecular complexity index is 850. The smallest absolute Gasteiger partial charge is 0.0639 e. The van der Waals surface area contributed by atoms with Crippen molar-refractivity contribution in [3.63, 3.8) is 0 Å². The lowest BCUT2D eigenvalue weighted by molar-refractivity contribution is 1.08. The largest absolute Gasteiger partial charge is 0.289 e.